The van der Waals surface area contributed by atoms with Crippen LogP contribution < -0.4 is 11.1 Å². The molecule has 0 bridgehead atoms. The molecule has 26 heavy (non-hydrogen) atoms. The summed E-state index contributed by atoms with van der Waals surface area (Å²) in [4.78, 5) is 51.6. The van der Waals surface area contributed by atoms with Crippen LogP contribution in [0.2, 0.25) is 0 Å². The number of nitrogens with one attached hydrogen (secondary N) is 2. The van der Waals surface area contributed by atoms with Crippen molar-refractivity contribution in [1.29, 1.82) is 0 Å². The van der Waals surface area contributed by atoms with Gasteiger partial charge in [-0.3, -0.25) is 24.3 Å². The number of hydrogen-bond acceptors (Lipinski definition) is 5. The maximum absolute atomic E-state index is 12.3. The number of aromatic amines is 1. The molecule has 0 aliphatic carbocycles. The molecule has 0 unspecified atom stereocenters. The summed E-state index contributed by atoms with van der Waals surface area (Å²) in [7, 11) is 0. The van der Waals surface area contributed by atoms with E-state index in [1.54, 1.807) is 42.5 Å². The molecular formula is C18H13N3O5. The number of imide groups is 1. The highest BCUT2D eigenvalue weighted by molar-refractivity contribution is 6.21. The van der Waals surface area contributed by atoms with Crippen LogP contribution in [0.3, 0.4) is 0 Å². The van der Waals surface area contributed by atoms with Crippen LogP contribution >= 0.6 is 0 Å². The fourth-order valence-corrected chi connectivity index (χ4v) is 2.94. The molecule has 3 aromatic rings. The van der Waals surface area contributed by atoms with Gasteiger partial charge < -0.3 is 9.73 Å². The first-order valence-electron chi connectivity index (χ1n) is 7.91. The zero-order valence-electron chi connectivity index (χ0n) is 13.4. The number of oxazole rings is 1. The maximum atomic E-state index is 12.3. The highest BCUT2D eigenvalue weighted by Gasteiger charge is 2.34. The van der Waals surface area contributed by atoms with E-state index in [0.29, 0.717) is 27.9 Å². The zero-order chi connectivity index (χ0) is 18.3. The van der Waals surface area contributed by atoms with Gasteiger partial charge in [-0.25, -0.2) is 4.79 Å². The van der Waals surface area contributed by atoms with Crippen LogP contribution in [0, 0.1) is 0 Å². The molecule has 0 fully saturated rings. The number of fused-ring (bicyclic) bond motifs is 2. The molecule has 2 N–H and O–H groups in total. The van der Waals surface area contributed by atoms with Gasteiger partial charge in [0.15, 0.2) is 5.58 Å². The first-order chi connectivity index (χ1) is 12.5. The van der Waals surface area contributed by atoms with Crippen LogP contribution in [0.4, 0.5) is 5.69 Å². The fraction of sp³-hybridized carbons (Fsp3) is 0.111. The number of carbonyl (C=O) groups excluding carboxylic acids is 3. The van der Waals surface area contributed by atoms with Crippen LogP contribution in [0.1, 0.15) is 27.1 Å². The third-order valence-electron chi connectivity index (χ3n) is 4.17. The number of para-hydroxylation sites is 1. The Kier molecular flexibility index (Phi) is 3.65. The Balaban J connectivity index is 1.46. The lowest BCUT2D eigenvalue weighted by atomic mass is 10.1. The summed E-state index contributed by atoms with van der Waals surface area (Å²) in [5, 5.41) is 2.65. The monoisotopic (exact) mass is 351 g/mol. The topological polar surface area (TPSA) is 112 Å². The van der Waals surface area contributed by atoms with Gasteiger partial charge in [-0.1, -0.05) is 18.2 Å². The lowest BCUT2D eigenvalue weighted by Gasteiger charge is -2.13. The zero-order valence-corrected chi connectivity index (χ0v) is 13.4. The molecule has 8 heteroatoms. The summed E-state index contributed by atoms with van der Waals surface area (Å²) >= 11 is 0. The predicted octanol–water partition coefficient (Wildman–Crippen LogP) is 1.75. The Labute approximate surface area is 146 Å². The van der Waals surface area contributed by atoms with Crippen molar-refractivity contribution in [2.45, 2.75) is 6.42 Å². The molecule has 4 rings (SSSR count). The van der Waals surface area contributed by atoms with E-state index in [9.17, 15) is 19.2 Å². The lowest BCUT2D eigenvalue weighted by Crippen LogP contribution is -2.32. The molecule has 130 valence electrons. The summed E-state index contributed by atoms with van der Waals surface area (Å²) in [5.41, 5.74) is 1.79. The number of benzene rings is 2. The fourth-order valence-electron chi connectivity index (χ4n) is 2.94. The van der Waals surface area contributed by atoms with E-state index in [1.807, 2.05) is 0 Å². The molecule has 0 saturated carbocycles. The lowest BCUT2D eigenvalue weighted by molar-refractivity contribution is -0.116. The number of anilines is 1. The minimum Gasteiger partial charge on any atom is -0.408 e. The van der Waals surface area contributed by atoms with Crippen LogP contribution in [0.5, 0.6) is 0 Å². The van der Waals surface area contributed by atoms with Gasteiger partial charge in [0, 0.05) is 13.0 Å². The van der Waals surface area contributed by atoms with E-state index in [2.05, 4.69) is 10.3 Å². The van der Waals surface area contributed by atoms with E-state index < -0.39 is 23.5 Å². The minimum atomic E-state index is -0.618. The van der Waals surface area contributed by atoms with Crippen molar-refractivity contribution < 1.29 is 18.8 Å². The Morgan fingerprint density at radius 3 is 2.38 bits per heavy atom. The molecule has 0 saturated heterocycles. The quantitative estimate of drug-likeness (QED) is 0.695. The van der Waals surface area contributed by atoms with Crippen molar-refractivity contribution in [1.82, 2.24) is 9.88 Å². The molecule has 3 amide bonds. The third kappa shape index (κ3) is 2.57. The Hall–Kier alpha value is -3.68. The molecule has 0 radical (unpaired) electrons. The average Bonchev–Trinajstić information content (AvgIpc) is 3.12. The molecule has 0 spiro atoms. The van der Waals surface area contributed by atoms with Gasteiger partial charge in [-0.05, 0) is 24.3 Å². The molecule has 2 heterocycles. The van der Waals surface area contributed by atoms with Crippen molar-refractivity contribution >= 4 is 34.5 Å². The number of aromatic nitrogens is 1. The molecule has 8 nitrogen and oxygen atoms in total. The summed E-state index contributed by atoms with van der Waals surface area (Å²) in [6, 6.07) is 11.4. The second kappa shape index (κ2) is 5.99. The van der Waals surface area contributed by atoms with Crippen molar-refractivity contribution in [2.75, 3.05) is 11.9 Å². The SMILES string of the molecule is O=C(CCN1C(=O)c2ccccc2C1=O)Nc1cccc2oc(=O)[nH]c12. The standard InChI is InChI=1S/C18H13N3O5/c22-14(19-12-6-3-7-13-15(12)20-18(25)26-13)8-9-21-16(23)10-4-1-2-5-11(10)17(21)24/h1-7H,8-9H2,(H,19,22)(H,20,25). The van der Waals surface area contributed by atoms with Gasteiger partial charge >= 0.3 is 5.76 Å². The number of nitrogens with zero attached hydrogens (tertiary/aromatic N) is 1. The van der Waals surface area contributed by atoms with Crippen molar-refractivity contribution in [3.63, 3.8) is 0 Å². The minimum absolute atomic E-state index is 0.0317. The number of carbonyl (C=O) groups is 3. The van der Waals surface area contributed by atoms with Crippen LogP contribution in [-0.2, 0) is 4.79 Å². The smallest absolute Gasteiger partial charge is 0.408 e. The van der Waals surface area contributed by atoms with Crippen LogP contribution in [-0.4, -0.2) is 34.2 Å². The predicted molar refractivity (Wildman–Crippen MR) is 91.9 cm³/mol. The van der Waals surface area contributed by atoms with Crippen LogP contribution in [0.15, 0.2) is 51.7 Å². The van der Waals surface area contributed by atoms with E-state index >= 15 is 0 Å². The van der Waals surface area contributed by atoms with Gasteiger partial charge in [0.1, 0.15) is 5.52 Å². The maximum Gasteiger partial charge on any atom is 0.417 e. The Morgan fingerprint density at radius 2 is 1.69 bits per heavy atom. The molecule has 1 aromatic heterocycles. The van der Waals surface area contributed by atoms with E-state index in [0.717, 1.165) is 4.90 Å². The summed E-state index contributed by atoms with van der Waals surface area (Å²) < 4.78 is 4.94. The molecule has 2 aromatic carbocycles. The van der Waals surface area contributed by atoms with Gasteiger partial charge in [-0.2, -0.15) is 0 Å². The van der Waals surface area contributed by atoms with E-state index in [-0.39, 0.29) is 13.0 Å². The van der Waals surface area contributed by atoms with Gasteiger partial charge in [-0.15, -0.1) is 0 Å². The second-order valence-corrected chi connectivity index (χ2v) is 5.80. The molecule has 0 atom stereocenters. The highest BCUT2D eigenvalue weighted by atomic mass is 16.4. The highest BCUT2D eigenvalue weighted by Crippen LogP contribution is 2.23. The van der Waals surface area contributed by atoms with Gasteiger partial charge in [0.25, 0.3) is 11.8 Å². The van der Waals surface area contributed by atoms with Crippen molar-refractivity contribution in [3.05, 3.63) is 64.1 Å². The van der Waals surface area contributed by atoms with Gasteiger partial charge in [0.2, 0.25) is 5.91 Å². The van der Waals surface area contributed by atoms with Crippen LogP contribution in [0.25, 0.3) is 11.1 Å². The Morgan fingerprint density at radius 1 is 1.00 bits per heavy atom. The molecule has 1 aliphatic heterocycles. The van der Waals surface area contributed by atoms with Crippen molar-refractivity contribution in [3.8, 4) is 0 Å². The van der Waals surface area contributed by atoms with Gasteiger partial charge in [0.05, 0.1) is 16.8 Å². The molecular weight excluding hydrogens is 338 g/mol. The van der Waals surface area contributed by atoms with E-state index in [4.69, 9.17) is 4.42 Å². The number of amides is 3. The average molecular weight is 351 g/mol. The first kappa shape index (κ1) is 15.8. The normalized spacial score (nSPS) is 13.3. The second-order valence-electron chi connectivity index (χ2n) is 5.80. The van der Waals surface area contributed by atoms with E-state index in [1.165, 1.54) is 0 Å². The summed E-state index contributed by atoms with van der Waals surface area (Å²) in [6.45, 7) is -0.0317. The third-order valence-corrected chi connectivity index (χ3v) is 4.17. The number of H-pyrrole nitrogens is 1. The largest absolute Gasteiger partial charge is 0.417 e. The number of hydrogen-bond donors (Lipinski definition) is 2. The summed E-state index contributed by atoms with van der Waals surface area (Å²) in [5.74, 6) is -1.82. The first-order valence-corrected chi connectivity index (χ1v) is 7.91. The number of rotatable bonds is 4. The Bertz CT molecular complexity index is 1080. The summed E-state index contributed by atoms with van der Waals surface area (Å²) in [6.07, 6.45) is -0.0655. The molecule has 1 aliphatic rings. The van der Waals surface area contributed by atoms with Crippen molar-refractivity contribution in [2.24, 2.45) is 0 Å².